The number of hydrogen-bond acceptors (Lipinski definition) is 7. The lowest BCUT2D eigenvalue weighted by molar-refractivity contribution is 0.0952. The second kappa shape index (κ2) is 7.64. The minimum atomic E-state index is -0.243. The van der Waals surface area contributed by atoms with Gasteiger partial charge in [-0.05, 0) is 13.0 Å². The summed E-state index contributed by atoms with van der Waals surface area (Å²) in [4.78, 5) is 20.9. The highest BCUT2D eigenvalue weighted by molar-refractivity contribution is 5.96. The van der Waals surface area contributed by atoms with E-state index in [0.29, 0.717) is 42.0 Å². The molecule has 26 heavy (non-hydrogen) atoms. The molecule has 0 aliphatic rings. The molecule has 0 aliphatic heterocycles. The Labute approximate surface area is 150 Å². The monoisotopic (exact) mass is 356 g/mol. The SMILES string of the molecule is COc1nn(C)cc1C(=O)NCCNc1cc(-n2cccn2)nc(C)n1. The molecule has 1 amide bonds. The van der Waals surface area contributed by atoms with E-state index in [0.717, 1.165) is 0 Å². The second-order valence-corrected chi connectivity index (χ2v) is 5.52. The number of aromatic nitrogens is 6. The van der Waals surface area contributed by atoms with Crippen LogP contribution in [-0.2, 0) is 7.05 Å². The molecule has 3 aromatic heterocycles. The molecule has 10 heteroatoms. The highest BCUT2D eigenvalue weighted by Crippen LogP contribution is 2.14. The summed E-state index contributed by atoms with van der Waals surface area (Å²) >= 11 is 0. The van der Waals surface area contributed by atoms with Gasteiger partial charge in [-0.1, -0.05) is 0 Å². The summed E-state index contributed by atoms with van der Waals surface area (Å²) in [5.74, 6) is 2.02. The molecule has 0 saturated carbocycles. The summed E-state index contributed by atoms with van der Waals surface area (Å²) in [6, 6.07) is 3.62. The normalized spacial score (nSPS) is 10.6. The first kappa shape index (κ1) is 17.4. The molecule has 3 aromatic rings. The fourth-order valence-corrected chi connectivity index (χ4v) is 2.40. The van der Waals surface area contributed by atoms with Gasteiger partial charge >= 0.3 is 0 Å². The lowest BCUT2D eigenvalue weighted by atomic mass is 10.3. The molecule has 0 saturated heterocycles. The standard InChI is InChI=1S/C16H20N8O2/c1-11-20-13(9-14(21-11)24-8-4-5-19-24)17-6-7-18-15(25)12-10-23(2)22-16(12)26-3/h4-5,8-10H,6-7H2,1-3H3,(H,18,25)(H,17,20,21). The van der Waals surface area contributed by atoms with E-state index >= 15 is 0 Å². The second-order valence-electron chi connectivity index (χ2n) is 5.52. The molecule has 0 fully saturated rings. The van der Waals surface area contributed by atoms with Crippen molar-refractivity contribution in [2.45, 2.75) is 6.92 Å². The van der Waals surface area contributed by atoms with Gasteiger partial charge in [0.15, 0.2) is 5.82 Å². The molecule has 3 rings (SSSR count). The molecule has 2 N–H and O–H groups in total. The maximum Gasteiger partial charge on any atom is 0.258 e. The summed E-state index contributed by atoms with van der Waals surface area (Å²) in [6.45, 7) is 2.73. The lowest BCUT2D eigenvalue weighted by Gasteiger charge is -2.09. The Morgan fingerprint density at radius 1 is 1.31 bits per heavy atom. The van der Waals surface area contributed by atoms with Crippen LogP contribution in [0.15, 0.2) is 30.7 Å². The Hall–Kier alpha value is -3.43. The third kappa shape index (κ3) is 3.97. The Balaban J connectivity index is 1.56. The largest absolute Gasteiger partial charge is 0.479 e. The van der Waals surface area contributed by atoms with Gasteiger partial charge in [0.2, 0.25) is 5.88 Å². The van der Waals surface area contributed by atoms with Crippen molar-refractivity contribution in [1.29, 1.82) is 0 Å². The lowest BCUT2D eigenvalue weighted by Crippen LogP contribution is -2.29. The van der Waals surface area contributed by atoms with E-state index in [-0.39, 0.29) is 5.91 Å². The minimum Gasteiger partial charge on any atom is -0.479 e. The van der Waals surface area contributed by atoms with Gasteiger partial charge in [-0.25, -0.2) is 14.6 Å². The summed E-state index contributed by atoms with van der Waals surface area (Å²) in [6.07, 6.45) is 5.12. The van der Waals surface area contributed by atoms with Crippen molar-refractivity contribution in [2.24, 2.45) is 7.05 Å². The van der Waals surface area contributed by atoms with Crippen molar-refractivity contribution in [1.82, 2.24) is 34.8 Å². The average Bonchev–Trinajstić information content (AvgIpc) is 3.27. The van der Waals surface area contributed by atoms with E-state index in [2.05, 4.69) is 30.8 Å². The molecule has 0 aromatic carbocycles. The fraction of sp³-hybridized carbons (Fsp3) is 0.312. The predicted octanol–water partition coefficient (Wildman–Crippen LogP) is 0.555. The maximum absolute atomic E-state index is 12.2. The quantitative estimate of drug-likeness (QED) is 0.595. The Morgan fingerprint density at radius 3 is 2.88 bits per heavy atom. The number of aryl methyl sites for hydroxylation is 2. The highest BCUT2D eigenvalue weighted by Gasteiger charge is 2.15. The Bertz CT molecular complexity index is 888. The topological polar surface area (TPSA) is 112 Å². The number of carbonyl (C=O) groups excluding carboxylic acids is 1. The Morgan fingerprint density at radius 2 is 2.15 bits per heavy atom. The van der Waals surface area contributed by atoms with E-state index in [1.54, 1.807) is 30.2 Å². The molecule has 0 spiro atoms. The minimum absolute atomic E-state index is 0.243. The third-order valence-electron chi connectivity index (χ3n) is 3.51. The summed E-state index contributed by atoms with van der Waals surface area (Å²) in [7, 11) is 3.21. The van der Waals surface area contributed by atoms with E-state index in [4.69, 9.17) is 4.74 Å². The number of nitrogens with one attached hydrogen (secondary N) is 2. The first-order valence-corrected chi connectivity index (χ1v) is 8.02. The molecule has 0 unspecified atom stereocenters. The number of carbonyl (C=O) groups is 1. The van der Waals surface area contributed by atoms with Crippen LogP contribution in [0.1, 0.15) is 16.2 Å². The van der Waals surface area contributed by atoms with Crippen LogP contribution in [0.2, 0.25) is 0 Å². The van der Waals surface area contributed by atoms with Crippen LogP contribution < -0.4 is 15.4 Å². The third-order valence-corrected chi connectivity index (χ3v) is 3.51. The fourth-order valence-electron chi connectivity index (χ4n) is 2.40. The molecule has 136 valence electrons. The number of anilines is 1. The van der Waals surface area contributed by atoms with Crippen molar-refractivity contribution in [3.05, 3.63) is 42.1 Å². The van der Waals surface area contributed by atoms with Gasteiger partial charge in [-0.15, -0.1) is 5.10 Å². The molecule has 0 bridgehead atoms. The van der Waals surface area contributed by atoms with Crippen LogP contribution >= 0.6 is 0 Å². The van der Waals surface area contributed by atoms with Crippen LogP contribution in [0, 0.1) is 6.92 Å². The van der Waals surface area contributed by atoms with Gasteiger partial charge in [0, 0.05) is 44.8 Å². The molecule has 3 heterocycles. The average molecular weight is 356 g/mol. The first-order chi connectivity index (χ1) is 12.6. The van der Waals surface area contributed by atoms with Crippen molar-refractivity contribution in [3.8, 4) is 11.7 Å². The number of rotatable bonds is 7. The zero-order valence-corrected chi connectivity index (χ0v) is 14.8. The molecular weight excluding hydrogens is 336 g/mol. The van der Waals surface area contributed by atoms with E-state index in [9.17, 15) is 4.79 Å². The Kier molecular flexibility index (Phi) is 5.11. The number of amides is 1. The highest BCUT2D eigenvalue weighted by atomic mass is 16.5. The number of ether oxygens (including phenoxy) is 1. The van der Waals surface area contributed by atoms with Crippen molar-refractivity contribution in [2.75, 3.05) is 25.5 Å². The van der Waals surface area contributed by atoms with E-state index < -0.39 is 0 Å². The molecule has 0 atom stereocenters. The van der Waals surface area contributed by atoms with Crippen LogP contribution in [0.25, 0.3) is 5.82 Å². The first-order valence-electron chi connectivity index (χ1n) is 8.02. The van der Waals surface area contributed by atoms with E-state index in [1.165, 1.54) is 11.8 Å². The zero-order valence-electron chi connectivity index (χ0n) is 14.8. The smallest absolute Gasteiger partial charge is 0.258 e. The molecular formula is C16H20N8O2. The van der Waals surface area contributed by atoms with Gasteiger partial charge in [-0.2, -0.15) is 5.10 Å². The van der Waals surface area contributed by atoms with Gasteiger partial charge in [-0.3, -0.25) is 9.48 Å². The molecule has 0 aliphatic carbocycles. The van der Waals surface area contributed by atoms with Crippen molar-refractivity contribution in [3.63, 3.8) is 0 Å². The predicted molar refractivity (Wildman–Crippen MR) is 94.5 cm³/mol. The summed E-state index contributed by atoms with van der Waals surface area (Å²) < 4.78 is 8.29. The van der Waals surface area contributed by atoms with Gasteiger partial charge in [0.1, 0.15) is 17.2 Å². The number of hydrogen-bond donors (Lipinski definition) is 2. The van der Waals surface area contributed by atoms with Gasteiger partial charge in [0.05, 0.1) is 7.11 Å². The molecule has 0 radical (unpaired) electrons. The number of nitrogens with zero attached hydrogens (tertiary/aromatic N) is 6. The van der Waals surface area contributed by atoms with Crippen LogP contribution in [0.4, 0.5) is 5.82 Å². The van der Waals surface area contributed by atoms with E-state index in [1.807, 2.05) is 19.2 Å². The summed E-state index contributed by atoms with van der Waals surface area (Å²) in [5, 5.41) is 14.2. The van der Waals surface area contributed by atoms with Gasteiger partial charge in [0.25, 0.3) is 5.91 Å². The van der Waals surface area contributed by atoms with Crippen LogP contribution in [0.5, 0.6) is 5.88 Å². The summed E-state index contributed by atoms with van der Waals surface area (Å²) in [5.41, 5.74) is 0.397. The van der Waals surface area contributed by atoms with Crippen molar-refractivity contribution >= 4 is 11.7 Å². The van der Waals surface area contributed by atoms with Gasteiger partial charge < -0.3 is 15.4 Å². The van der Waals surface area contributed by atoms with Crippen molar-refractivity contribution < 1.29 is 9.53 Å². The maximum atomic E-state index is 12.2. The zero-order chi connectivity index (χ0) is 18.5. The van der Waals surface area contributed by atoms with Crippen LogP contribution in [-0.4, -0.2) is 55.6 Å². The number of methoxy groups -OCH3 is 1. The van der Waals surface area contributed by atoms with Crippen LogP contribution in [0.3, 0.4) is 0 Å². The molecule has 10 nitrogen and oxygen atoms in total.